The molecule has 0 saturated carbocycles. The number of rotatable bonds is 5. The van der Waals surface area contributed by atoms with Gasteiger partial charge in [-0.15, -0.1) is 0 Å². The van der Waals surface area contributed by atoms with Crippen LogP contribution in [0.3, 0.4) is 0 Å². The smallest absolute Gasteiger partial charge is 0.135 e. The van der Waals surface area contributed by atoms with Crippen LogP contribution in [-0.4, -0.2) is 12.3 Å². The summed E-state index contributed by atoms with van der Waals surface area (Å²) < 4.78 is 0. The standard InChI is InChI=1S/C12H12N2O/c1-2-10-15-14-12(8-9-13)11-6-4-3-5-7-11/h2-7H,1,8,10H2/b14-12+. The van der Waals surface area contributed by atoms with Gasteiger partial charge in [0, 0.05) is 5.56 Å². The van der Waals surface area contributed by atoms with Crippen molar-refractivity contribution in [2.75, 3.05) is 6.61 Å². The summed E-state index contributed by atoms with van der Waals surface area (Å²) in [5.41, 5.74) is 1.54. The first kappa shape index (κ1) is 11.0. The van der Waals surface area contributed by atoms with Gasteiger partial charge in [-0.05, 0) is 0 Å². The van der Waals surface area contributed by atoms with E-state index in [1.165, 1.54) is 0 Å². The Bertz CT molecular complexity index is 376. The summed E-state index contributed by atoms with van der Waals surface area (Å²) in [5, 5.41) is 12.5. The van der Waals surface area contributed by atoms with Crippen molar-refractivity contribution in [1.29, 1.82) is 5.26 Å². The molecule has 0 unspecified atom stereocenters. The van der Waals surface area contributed by atoms with Crippen LogP contribution in [0.4, 0.5) is 0 Å². The fourth-order valence-corrected chi connectivity index (χ4v) is 1.06. The summed E-state index contributed by atoms with van der Waals surface area (Å²) in [6.45, 7) is 3.87. The van der Waals surface area contributed by atoms with E-state index in [0.29, 0.717) is 12.3 Å². The van der Waals surface area contributed by atoms with Crippen molar-refractivity contribution < 1.29 is 4.84 Å². The topological polar surface area (TPSA) is 45.4 Å². The normalized spacial score (nSPS) is 10.5. The van der Waals surface area contributed by atoms with Gasteiger partial charge in [-0.2, -0.15) is 5.26 Å². The van der Waals surface area contributed by atoms with Crippen molar-refractivity contribution in [2.45, 2.75) is 6.42 Å². The van der Waals surface area contributed by atoms with Gasteiger partial charge in [-0.1, -0.05) is 48.1 Å². The lowest BCUT2D eigenvalue weighted by Gasteiger charge is -2.01. The predicted octanol–water partition coefficient (Wildman–Crippen LogP) is 2.51. The molecular formula is C12H12N2O. The number of nitriles is 1. The van der Waals surface area contributed by atoms with Gasteiger partial charge in [0.2, 0.25) is 0 Å². The molecule has 76 valence electrons. The number of benzene rings is 1. The van der Waals surface area contributed by atoms with Gasteiger partial charge >= 0.3 is 0 Å². The molecule has 3 heteroatoms. The second-order valence-electron chi connectivity index (χ2n) is 2.82. The molecule has 0 fully saturated rings. The Kier molecular flexibility index (Phi) is 4.68. The minimum absolute atomic E-state index is 0.237. The van der Waals surface area contributed by atoms with Gasteiger partial charge in [0.05, 0.1) is 12.5 Å². The average Bonchev–Trinajstić information content (AvgIpc) is 2.29. The first-order valence-electron chi connectivity index (χ1n) is 4.60. The first-order chi connectivity index (χ1) is 7.38. The molecular weight excluding hydrogens is 188 g/mol. The van der Waals surface area contributed by atoms with Crippen molar-refractivity contribution in [3.05, 3.63) is 48.6 Å². The van der Waals surface area contributed by atoms with E-state index in [2.05, 4.69) is 17.8 Å². The van der Waals surface area contributed by atoms with Crippen LogP contribution in [0, 0.1) is 11.3 Å². The van der Waals surface area contributed by atoms with E-state index in [-0.39, 0.29) is 6.42 Å². The Hall–Kier alpha value is -2.08. The molecule has 0 bridgehead atoms. The molecule has 15 heavy (non-hydrogen) atoms. The van der Waals surface area contributed by atoms with E-state index >= 15 is 0 Å². The Morgan fingerprint density at radius 1 is 1.47 bits per heavy atom. The summed E-state index contributed by atoms with van der Waals surface area (Å²) in [4.78, 5) is 4.97. The summed E-state index contributed by atoms with van der Waals surface area (Å²) >= 11 is 0. The van der Waals surface area contributed by atoms with E-state index in [9.17, 15) is 0 Å². The largest absolute Gasteiger partial charge is 0.391 e. The Balaban J connectivity index is 2.79. The fraction of sp³-hybridized carbons (Fsp3) is 0.167. The summed E-state index contributed by atoms with van der Waals surface area (Å²) in [6, 6.07) is 11.6. The summed E-state index contributed by atoms with van der Waals surface area (Å²) in [7, 11) is 0. The van der Waals surface area contributed by atoms with E-state index < -0.39 is 0 Å². The lowest BCUT2D eigenvalue weighted by molar-refractivity contribution is 0.174. The minimum Gasteiger partial charge on any atom is -0.391 e. The maximum absolute atomic E-state index is 8.65. The van der Waals surface area contributed by atoms with Crippen LogP contribution in [0.2, 0.25) is 0 Å². The van der Waals surface area contributed by atoms with E-state index in [4.69, 9.17) is 10.1 Å². The molecule has 0 atom stereocenters. The van der Waals surface area contributed by atoms with E-state index in [0.717, 1.165) is 5.56 Å². The predicted molar refractivity (Wildman–Crippen MR) is 59.4 cm³/mol. The van der Waals surface area contributed by atoms with Crippen LogP contribution in [0.1, 0.15) is 12.0 Å². The highest BCUT2D eigenvalue weighted by Gasteiger charge is 2.02. The van der Waals surface area contributed by atoms with Gasteiger partial charge < -0.3 is 4.84 Å². The molecule has 1 aromatic rings. The van der Waals surface area contributed by atoms with Gasteiger partial charge in [0.15, 0.2) is 0 Å². The van der Waals surface area contributed by atoms with Crippen molar-refractivity contribution in [1.82, 2.24) is 0 Å². The average molecular weight is 200 g/mol. The van der Waals surface area contributed by atoms with Crippen molar-refractivity contribution in [3.63, 3.8) is 0 Å². The van der Waals surface area contributed by atoms with Crippen LogP contribution in [-0.2, 0) is 4.84 Å². The molecule has 0 aromatic heterocycles. The molecule has 0 aliphatic rings. The van der Waals surface area contributed by atoms with Crippen LogP contribution >= 0.6 is 0 Å². The maximum Gasteiger partial charge on any atom is 0.135 e. The minimum atomic E-state index is 0.237. The molecule has 0 N–H and O–H groups in total. The highest BCUT2D eigenvalue weighted by molar-refractivity contribution is 6.01. The molecule has 0 saturated heterocycles. The van der Waals surface area contributed by atoms with Crippen molar-refractivity contribution in [3.8, 4) is 6.07 Å². The molecule has 0 aliphatic heterocycles. The first-order valence-corrected chi connectivity index (χ1v) is 4.60. The SMILES string of the molecule is C=CCO/N=C(\CC#N)c1ccccc1. The Morgan fingerprint density at radius 3 is 2.80 bits per heavy atom. The zero-order valence-corrected chi connectivity index (χ0v) is 8.39. The van der Waals surface area contributed by atoms with Crippen LogP contribution < -0.4 is 0 Å². The monoisotopic (exact) mass is 200 g/mol. The van der Waals surface area contributed by atoms with Crippen LogP contribution in [0.5, 0.6) is 0 Å². The van der Waals surface area contributed by atoms with Crippen LogP contribution in [0.25, 0.3) is 0 Å². The molecule has 0 heterocycles. The van der Waals surface area contributed by atoms with Gasteiger partial charge in [0.25, 0.3) is 0 Å². The number of oxime groups is 1. The third kappa shape index (κ3) is 3.65. The Labute approximate surface area is 89.3 Å². The molecule has 1 rings (SSSR count). The van der Waals surface area contributed by atoms with E-state index in [1.54, 1.807) is 6.08 Å². The molecule has 3 nitrogen and oxygen atoms in total. The second kappa shape index (κ2) is 6.39. The maximum atomic E-state index is 8.65. The molecule has 0 aliphatic carbocycles. The number of hydrogen-bond acceptors (Lipinski definition) is 3. The number of hydrogen-bond donors (Lipinski definition) is 0. The van der Waals surface area contributed by atoms with Crippen molar-refractivity contribution in [2.24, 2.45) is 5.16 Å². The fourth-order valence-electron chi connectivity index (χ4n) is 1.06. The Morgan fingerprint density at radius 2 is 2.20 bits per heavy atom. The number of nitrogens with zero attached hydrogens (tertiary/aromatic N) is 2. The molecule has 1 aromatic carbocycles. The zero-order valence-electron chi connectivity index (χ0n) is 8.39. The molecule has 0 radical (unpaired) electrons. The van der Waals surface area contributed by atoms with E-state index in [1.807, 2.05) is 30.3 Å². The highest BCUT2D eigenvalue weighted by Crippen LogP contribution is 2.04. The van der Waals surface area contributed by atoms with Gasteiger partial charge in [0.1, 0.15) is 12.3 Å². The summed E-state index contributed by atoms with van der Waals surface area (Å²) in [5.74, 6) is 0. The van der Waals surface area contributed by atoms with Gasteiger partial charge in [-0.25, -0.2) is 0 Å². The van der Waals surface area contributed by atoms with Crippen molar-refractivity contribution >= 4 is 5.71 Å². The van der Waals surface area contributed by atoms with Gasteiger partial charge in [-0.3, -0.25) is 0 Å². The molecule has 0 amide bonds. The highest BCUT2D eigenvalue weighted by atomic mass is 16.6. The van der Waals surface area contributed by atoms with Crippen LogP contribution in [0.15, 0.2) is 48.1 Å². The zero-order chi connectivity index (χ0) is 10.9. The third-order valence-electron chi connectivity index (χ3n) is 1.72. The lowest BCUT2D eigenvalue weighted by atomic mass is 10.1. The third-order valence-corrected chi connectivity index (χ3v) is 1.72. The lowest BCUT2D eigenvalue weighted by Crippen LogP contribution is -2.00. The molecule has 0 spiro atoms. The summed E-state index contributed by atoms with van der Waals surface area (Å²) in [6.07, 6.45) is 1.85. The second-order valence-corrected chi connectivity index (χ2v) is 2.82. The quantitative estimate of drug-likeness (QED) is 0.317.